The maximum Gasteiger partial charge on any atom is 0.0178 e. The fraction of sp³-hybridized carbons (Fsp3) is 1.00. The Morgan fingerprint density at radius 3 is 2.50 bits per heavy atom. The first-order valence-corrected chi connectivity index (χ1v) is 6.63. The van der Waals surface area contributed by atoms with Gasteiger partial charge in [0.25, 0.3) is 0 Å². The Labute approximate surface area is 107 Å². The molecule has 1 atom stereocenters. The molecule has 0 amide bonds. The highest BCUT2D eigenvalue weighted by molar-refractivity contribution is 5.85. The molecule has 0 aromatic rings. The van der Waals surface area contributed by atoms with Crippen molar-refractivity contribution in [1.29, 1.82) is 0 Å². The third-order valence-electron chi connectivity index (χ3n) is 4.53. The van der Waals surface area contributed by atoms with Crippen LogP contribution in [0.2, 0.25) is 0 Å². The number of nitrogens with one attached hydrogen (secondary N) is 1. The summed E-state index contributed by atoms with van der Waals surface area (Å²) in [7, 11) is 2.33. The number of hydrogen-bond donors (Lipinski definition) is 1. The van der Waals surface area contributed by atoms with E-state index in [4.69, 9.17) is 0 Å². The lowest BCUT2D eigenvalue weighted by atomic mass is 9.94. The highest BCUT2D eigenvalue weighted by Gasteiger charge is 2.33. The van der Waals surface area contributed by atoms with Crippen LogP contribution in [0, 0.1) is 5.92 Å². The van der Waals surface area contributed by atoms with Crippen LogP contribution in [-0.2, 0) is 0 Å². The minimum absolute atomic E-state index is 0. The van der Waals surface area contributed by atoms with Crippen molar-refractivity contribution in [3.05, 3.63) is 0 Å². The molecule has 0 aromatic heterocycles. The summed E-state index contributed by atoms with van der Waals surface area (Å²) in [5.41, 5.74) is 0.511. The van der Waals surface area contributed by atoms with Crippen molar-refractivity contribution in [3.63, 3.8) is 0 Å². The first-order valence-electron chi connectivity index (χ1n) is 6.63. The Hall–Kier alpha value is 0.210. The summed E-state index contributed by atoms with van der Waals surface area (Å²) in [4.78, 5) is 2.64. The molecule has 1 N–H and O–H groups in total. The number of hydrogen-bond acceptors (Lipinski definition) is 2. The van der Waals surface area contributed by atoms with Crippen molar-refractivity contribution in [3.8, 4) is 0 Å². The second kappa shape index (κ2) is 6.23. The number of rotatable bonds is 3. The highest BCUT2D eigenvalue weighted by Crippen LogP contribution is 2.34. The van der Waals surface area contributed by atoms with Gasteiger partial charge in [-0.2, -0.15) is 0 Å². The van der Waals surface area contributed by atoms with Crippen molar-refractivity contribution in [2.45, 2.75) is 51.0 Å². The molecule has 1 heterocycles. The third-order valence-corrected chi connectivity index (χ3v) is 4.53. The molecule has 1 saturated heterocycles. The van der Waals surface area contributed by atoms with Crippen molar-refractivity contribution >= 4 is 12.4 Å². The van der Waals surface area contributed by atoms with Crippen LogP contribution >= 0.6 is 12.4 Å². The monoisotopic (exact) mass is 246 g/mol. The first-order chi connectivity index (χ1) is 7.21. The second-order valence-electron chi connectivity index (χ2n) is 5.80. The lowest BCUT2D eigenvalue weighted by Crippen LogP contribution is -2.46. The zero-order valence-corrected chi connectivity index (χ0v) is 11.6. The van der Waals surface area contributed by atoms with Gasteiger partial charge < -0.3 is 10.2 Å². The Morgan fingerprint density at radius 2 is 1.94 bits per heavy atom. The molecule has 3 heteroatoms. The summed E-state index contributed by atoms with van der Waals surface area (Å²) in [5, 5.41) is 3.52. The van der Waals surface area contributed by atoms with Crippen LogP contribution in [-0.4, -0.2) is 37.1 Å². The number of halogens is 1. The lowest BCUT2D eigenvalue weighted by molar-refractivity contribution is 0.113. The van der Waals surface area contributed by atoms with E-state index < -0.39 is 0 Å². The minimum Gasteiger partial charge on any atom is -0.316 e. The molecule has 0 aromatic carbocycles. The predicted octanol–water partition coefficient (Wildman–Crippen LogP) is 2.67. The van der Waals surface area contributed by atoms with Gasteiger partial charge in [-0.15, -0.1) is 12.4 Å². The molecule has 2 nitrogen and oxygen atoms in total. The zero-order valence-electron chi connectivity index (χ0n) is 10.8. The molecule has 2 rings (SSSR count). The zero-order chi connectivity index (χ0) is 10.7. The van der Waals surface area contributed by atoms with Gasteiger partial charge in [0.15, 0.2) is 0 Å². The summed E-state index contributed by atoms with van der Waals surface area (Å²) in [5.74, 6) is 0.890. The maximum atomic E-state index is 3.52. The van der Waals surface area contributed by atoms with Gasteiger partial charge in [0.05, 0.1) is 0 Å². The standard InChI is InChI=1S/C13H26N2.ClH/c1-13(7-3-4-8-13)15(2)11-12-6-5-9-14-10-12;/h12,14H,3-11H2,1-2H3;1H. The van der Waals surface area contributed by atoms with Gasteiger partial charge in [-0.3, -0.25) is 0 Å². The van der Waals surface area contributed by atoms with Crippen LogP contribution in [0.25, 0.3) is 0 Å². The lowest BCUT2D eigenvalue weighted by Gasteiger charge is -2.38. The number of nitrogens with zero attached hydrogens (tertiary/aromatic N) is 1. The van der Waals surface area contributed by atoms with Gasteiger partial charge in [0.1, 0.15) is 0 Å². The molecule has 0 bridgehead atoms. The van der Waals surface area contributed by atoms with Gasteiger partial charge in [-0.1, -0.05) is 12.8 Å². The van der Waals surface area contributed by atoms with Crippen LogP contribution in [0.4, 0.5) is 0 Å². The molecule has 1 aliphatic heterocycles. The fourth-order valence-electron chi connectivity index (χ4n) is 3.21. The smallest absolute Gasteiger partial charge is 0.0178 e. The summed E-state index contributed by atoms with van der Waals surface area (Å²) in [6, 6.07) is 0. The van der Waals surface area contributed by atoms with E-state index in [-0.39, 0.29) is 12.4 Å². The van der Waals surface area contributed by atoms with E-state index in [2.05, 4.69) is 24.2 Å². The Balaban J connectivity index is 0.00000128. The minimum atomic E-state index is 0. The van der Waals surface area contributed by atoms with Crippen LogP contribution in [0.15, 0.2) is 0 Å². The average molecular weight is 247 g/mol. The largest absolute Gasteiger partial charge is 0.316 e. The topological polar surface area (TPSA) is 15.3 Å². The van der Waals surface area contributed by atoms with E-state index in [0.717, 1.165) is 5.92 Å². The molecule has 2 fully saturated rings. The molecule has 1 saturated carbocycles. The van der Waals surface area contributed by atoms with Gasteiger partial charge in [0.2, 0.25) is 0 Å². The van der Waals surface area contributed by atoms with Gasteiger partial charge >= 0.3 is 0 Å². The van der Waals surface area contributed by atoms with Gasteiger partial charge in [-0.25, -0.2) is 0 Å². The molecule has 2 aliphatic rings. The fourth-order valence-corrected chi connectivity index (χ4v) is 3.21. The molecule has 0 radical (unpaired) electrons. The highest BCUT2D eigenvalue weighted by atomic mass is 35.5. The van der Waals surface area contributed by atoms with Crippen LogP contribution in [0.3, 0.4) is 0 Å². The van der Waals surface area contributed by atoms with E-state index >= 15 is 0 Å². The molecule has 96 valence electrons. The van der Waals surface area contributed by atoms with E-state index in [0.29, 0.717) is 5.54 Å². The van der Waals surface area contributed by atoms with Crippen molar-refractivity contribution in [2.75, 3.05) is 26.7 Å². The maximum absolute atomic E-state index is 3.52. The summed E-state index contributed by atoms with van der Waals surface area (Å²) in [6.45, 7) is 6.22. The van der Waals surface area contributed by atoms with E-state index in [1.807, 2.05) is 0 Å². The van der Waals surface area contributed by atoms with E-state index in [1.165, 1.54) is 58.2 Å². The van der Waals surface area contributed by atoms with E-state index in [9.17, 15) is 0 Å². The van der Waals surface area contributed by atoms with Crippen molar-refractivity contribution in [1.82, 2.24) is 10.2 Å². The average Bonchev–Trinajstić information content (AvgIpc) is 2.68. The van der Waals surface area contributed by atoms with Crippen LogP contribution in [0.5, 0.6) is 0 Å². The molecule has 16 heavy (non-hydrogen) atoms. The molecule has 1 aliphatic carbocycles. The number of piperidine rings is 1. The second-order valence-corrected chi connectivity index (χ2v) is 5.80. The molecule has 0 spiro atoms. The molecule has 1 unspecified atom stereocenters. The normalized spacial score (nSPS) is 29.1. The predicted molar refractivity (Wildman–Crippen MR) is 72.3 cm³/mol. The SMILES string of the molecule is CN(CC1CCCNC1)C1(C)CCCC1.Cl. The quantitative estimate of drug-likeness (QED) is 0.824. The van der Waals surface area contributed by atoms with Gasteiger partial charge in [-0.05, 0) is 58.7 Å². The Kier molecular flexibility index (Phi) is 5.55. The third kappa shape index (κ3) is 3.35. The van der Waals surface area contributed by atoms with Crippen LogP contribution in [0.1, 0.15) is 45.4 Å². The van der Waals surface area contributed by atoms with Crippen molar-refractivity contribution in [2.24, 2.45) is 5.92 Å². The van der Waals surface area contributed by atoms with Crippen LogP contribution < -0.4 is 5.32 Å². The molecular formula is C13H27ClN2. The Morgan fingerprint density at radius 1 is 1.25 bits per heavy atom. The summed E-state index contributed by atoms with van der Waals surface area (Å²) < 4.78 is 0. The van der Waals surface area contributed by atoms with Crippen molar-refractivity contribution < 1.29 is 0 Å². The van der Waals surface area contributed by atoms with E-state index in [1.54, 1.807) is 0 Å². The molecular weight excluding hydrogens is 220 g/mol. The summed E-state index contributed by atoms with van der Waals surface area (Å²) in [6.07, 6.45) is 8.48. The summed E-state index contributed by atoms with van der Waals surface area (Å²) >= 11 is 0. The Bertz CT molecular complexity index is 196. The first kappa shape index (κ1) is 14.3. The van der Waals surface area contributed by atoms with Gasteiger partial charge in [0, 0.05) is 12.1 Å².